The van der Waals surface area contributed by atoms with Crippen LogP contribution in [0.1, 0.15) is 48.4 Å². The number of benzene rings is 1. The molecule has 0 radical (unpaired) electrons. The van der Waals surface area contributed by atoms with E-state index in [0.717, 1.165) is 43.9 Å². The third-order valence-electron chi connectivity index (χ3n) is 5.32. The molecule has 2 aliphatic heterocycles. The summed E-state index contributed by atoms with van der Waals surface area (Å²) < 4.78 is 16.5. The van der Waals surface area contributed by atoms with E-state index in [-0.39, 0.29) is 18.4 Å². The van der Waals surface area contributed by atoms with Crippen LogP contribution in [0.25, 0.3) is 0 Å². The van der Waals surface area contributed by atoms with Gasteiger partial charge in [0.25, 0.3) is 5.91 Å². The molecule has 0 aliphatic carbocycles. The number of aryl methyl sites for hydroxylation is 1. The van der Waals surface area contributed by atoms with E-state index in [1.54, 1.807) is 0 Å². The molecular weight excluding hydrogens is 346 g/mol. The highest BCUT2D eigenvalue weighted by Gasteiger charge is 2.32. The molecule has 4 rings (SSSR count). The van der Waals surface area contributed by atoms with Crippen molar-refractivity contribution in [2.45, 2.75) is 38.0 Å². The summed E-state index contributed by atoms with van der Waals surface area (Å²) >= 11 is 0. The fraction of sp³-hybridized carbons (Fsp3) is 0.550. The topological polar surface area (TPSA) is 77.7 Å². The molecule has 27 heavy (non-hydrogen) atoms. The van der Waals surface area contributed by atoms with Crippen LogP contribution in [-0.2, 0) is 9.53 Å². The summed E-state index contributed by atoms with van der Waals surface area (Å²) in [5, 5.41) is 4.17. The Labute approximate surface area is 158 Å². The molecule has 3 heterocycles. The zero-order valence-corrected chi connectivity index (χ0v) is 15.6. The van der Waals surface area contributed by atoms with Gasteiger partial charge in [0.2, 0.25) is 5.89 Å². The van der Waals surface area contributed by atoms with Crippen molar-refractivity contribution >= 4 is 5.91 Å². The monoisotopic (exact) mass is 371 g/mol. The first kappa shape index (κ1) is 18.0. The lowest BCUT2D eigenvalue weighted by Crippen LogP contribution is -2.32. The second-order valence-corrected chi connectivity index (χ2v) is 7.30. The fourth-order valence-corrected chi connectivity index (χ4v) is 3.59. The van der Waals surface area contributed by atoms with Crippen molar-refractivity contribution in [3.63, 3.8) is 0 Å². The van der Waals surface area contributed by atoms with Gasteiger partial charge in [-0.1, -0.05) is 22.9 Å². The van der Waals surface area contributed by atoms with Crippen LogP contribution in [0.5, 0.6) is 5.75 Å². The maximum atomic E-state index is 12.4. The number of likely N-dealkylation sites (tertiary alicyclic amines) is 1. The second-order valence-electron chi connectivity index (χ2n) is 7.30. The summed E-state index contributed by atoms with van der Waals surface area (Å²) in [5.41, 5.74) is 1.16. The molecule has 0 spiro atoms. The molecule has 1 aromatic heterocycles. The summed E-state index contributed by atoms with van der Waals surface area (Å²) in [7, 11) is 0. The lowest BCUT2D eigenvalue weighted by atomic mass is 10.00. The van der Waals surface area contributed by atoms with E-state index in [9.17, 15) is 4.79 Å². The molecule has 1 aromatic carbocycles. The van der Waals surface area contributed by atoms with Crippen molar-refractivity contribution in [1.82, 2.24) is 15.0 Å². The van der Waals surface area contributed by atoms with Gasteiger partial charge in [0.15, 0.2) is 12.4 Å². The van der Waals surface area contributed by atoms with E-state index in [1.807, 2.05) is 36.1 Å². The van der Waals surface area contributed by atoms with E-state index in [4.69, 9.17) is 14.0 Å². The Bertz CT molecular complexity index is 768. The van der Waals surface area contributed by atoms with Crippen molar-refractivity contribution in [3.8, 4) is 5.75 Å². The van der Waals surface area contributed by atoms with Gasteiger partial charge in [0.05, 0.1) is 5.92 Å². The smallest absolute Gasteiger partial charge is 0.260 e. The number of amides is 1. The molecule has 2 aromatic rings. The third kappa shape index (κ3) is 4.30. The van der Waals surface area contributed by atoms with Crippen molar-refractivity contribution < 1.29 is 18.8 Å². The lowest BCUT2D eigenvalue weighted by molar-refractivity contribution is -0.132. The number of ether oxygens (including phenoxy) is 2. The van der Waals surface area contributed by atoms with E-state index >= 15 is 0 Å². The first-order valence-corrected chi connectivity index (χ1v) is 9.57. The predicted molar refractivity (Wildman–Crippen MR) is 97.7 cm³/mol. The van der Waals surface area contributed by atoms with Gasteiger partial charge in [-0.15, -0.1) is 0 Å². The molecule has 7 nitrogen and oxygen atoms in total. The van der Waals surface area contributed by atoms with E-state index in [1.165, 1.54) is 0 Å². The fourth-order valence-electron chi connectivity index (χ4n) is 3.59. The Hall–Kier alpha value is -2.41. The second kappa shape index (κ2) is 8.08. The van der Waals surface area contributed by atoms with Gasteiger partial charge in [-0.2, -0.15) is 4.98 Å². The van der Waals surface area contributed by atoms with Crippen molar-refractivity contribution in [3.05, 3.63) is 41.5 Å². The summed E-state index contributed by atoms with van der Waals surface area (Å²) in [5.74, 6) is 2.55. The van der Waals surface area contributed by atoms with Gasteiger partial charge in [-0.25, -0.2) is 0 Å². The van der Waals surface area contributed by atoms with Gasteiger partial charge in [0.1, 0.15) is 5.75 Å². The third-order valence-corrected chi connectivity index (χ3v) is 5.32. The van der Waals surface area contributed by atoms with Crippen molar-refractivity contribution in [2.75, 3.05) is 32.9 Å². The van der Waals surface area contributed by atoms with Crippen LogP contribution in [0.15, 0.2) is 28.8 Å². The van der Waals surface area contributed by atoms with Crippen LogP contribution in [0.4, 0.5) is 0 Å². The Morgan fingerprint density at radius 2 is 1.96 bits per heavy atom. The van der Waals surface area contributed by atoms with Crippen LogP contribution in [0, 0.1) is 6.92 Å². The Morgan fingerprint density at radius 1 is 1.19 bits per heavy atom. The van der Waals surface area contributed by atoms with E-state index in [0.29, 0.717) is 30.6 Å². The minimum atomic E-state index is -0.0118. The molecule has 1 atom stereocenters. The number of carbonyl (C=O) groups is 1. The molecule has 7 heteroatoms. The highest BCUT2D eigenvalue weighted by atomic mass is 16.5. The normalized spacial score (nSPS) is 20.8. The Morgan fingerprint density at radius 3 is 2.74 bits per heavy atom. The first-order valence-electron chi connectivity index (χ1n) is 9.57. The summed E-state index contributed by atoms with van der Waals surface area (Å²) in [6, 6.07) is 7.70. The molecule has 1 amide bonds. The average molecular weight is 371 g/mol. The lowest BCUT2D eigenvalue weighted by Gasteiger charge is -2.18. The highest BCUT2D eigenvalue weighted by Crippen LogP contribution is 2.29. The van der Waals surface area contributed by atoms with Crippen LogP contribution in [-0.4, -0.2) is 53.9 Å². The van der Waals surface area contributed by atoms with E-state index in [2.05, 4.69) is 10.1 Å². The zero-order valence-electron chi connectivity index (χ0n) is 15.6. The number of carbonyl (C=O) groups excluding carboxylic acids is 1. The SMILES string of the molecule is Cc1ccc(OCC(=O)N2CCC(c3nc(C4CCOCC4)no3)C2)cc1. The molecule has 0 N–H and O–H groups in total. The molecule has 0 saturated carbocycles. The molecular formula is C20H25N3O4. The quantitative estimate of drug-likeness (QED) is 0.804. The number of hydrogen-bond acceptors (Lipinski definition) is 6. The van der Waals surface area contributed by atoms with Crippen molar-refractivity contribution in [2.24, 2.45) is 0 Å². The Balaban J connectivity index is 1.29. The molecule has 1 unspecified atom stereocenters. The van der Waals surface area contributed by atoms with Gasteiger partial charge < -0.3 is 18.9 Å². The number of nitrogens with zero attached hydrogens (tertiary/aromatic N) is 3. The minimum absolute atomic E-state index is 0.0118. The highest BCUT2D eigenvalue weighted by molar-refractivity contribution is 5.78. The zero-order chi connectivity index (χ0) is 18.6. The number of hydrogen-bond donors (Lipinski definition) is 0. The molecule has 2 fully saturated rings. The van der Waals surface area contributed by atoms with Gasteiger partial charge in [-0.3, -0.25) is 4.79 Å². The van der Waals surface area contributed by atoms with E-state index < -0.39 is 0 Å². The molecule has 144 valence electrons. The van der Waals surface area contributed by atoms with Crippen LogP contribution in [0.2, 0.25) is 0 Å². The molecule has 2 aliphatic rings. The average Bonchev–Trinajstić information content (AvgIpc) is 3.37. The molecule has 2 saturated heterocycles. The standard InChI is InChI=1S/C20H25N3O4/c1-14-2-4-17(5-3-14)26-13-18(24)23-9-6-16(12-23)20-21-19(22-27-20)15-7-10-25-11-8-15/h2-5,15-16H,6-13H2,1H3. The summed E-state index contributed by atoms with van der Waals surface area (Å²) in [6.45, 7) is 4.86. The Kier molecular flexibility index (Phi) is 5.38. The van der Waals surface area contributed by atoms with Gasteiger partial charge in [-0.05, 0) is 38.3 Å². The largest absolute Gasteiger partial charge is 0.484 e. The predicted octanol–water partition coefficient (Wildman–Crippen LogP) is 2.67. The van der Waals surface area contributed by atoms with Crippen LogP contribution >= 0.6 is 0 Å². The maximum Gasteiger partial charge on any atom is 0.260 e. The summed E-state index contributed by atoms with van der Waals surface area (Å²) in [6.07, 6.45) is 2.71. The van der Waals surface area contributed by atoms with Gasteiger partial charge in [0, 0.05) is 32.2 Å². The maximum absolute atomic E-state index is 12.4. The summed E-state index contributed by atoms with van der Waals surface area (Å²) in [4.78, 5) is 18.9. The van der Waals surface area contributed by atoms with Crippen LogP contribution in [0.3, 0.4) is 0 Å². The minimum Gasteiger partial charge on any atom is -0.484 e. The number of aromatic nitrogens is 2. The number of rotatable bonds is 5. The van der Waals surface area contributed by atoms with Crippen molar-refractivity contribution in [1.29, 1.82) is 0 Å². The molecule has 0 bridgehead atoms. The van der Waals surface area contributed by atoms with Crippen LogP contribution < -0.4 is 4.74 Å². The first-order chi connectivity index (χ1) is 13.2. The van der Waals surface area contributed by atoms with Gasteiger partial charge >= 0.3 is 0 Å².